The van der Waals surface area contributed by atoms with Crippen LogP contribution < -0.4 is 0 Å². The van der Waals surface area contributed by atoms with E-state index in [0.29, 0.717) is 12.8 Å². The van der Waals surface area contributed by atoms with Crippen LogP contribution in [0.1, 0.15) is 58.3 Å². The van der Waals surface area contributed by atoms with E-state index in [4.69, 9.17) is 0 Å². The Balaban J connectivity index is 1.98. The average molecular weight is 243 g/mol. The van der Waals surface area contributed by atoms with Crippen LogP contribution in [0, 0.1) is 0 Å². The second kappa shape index (κ2) is 7.71. The van der Waals surface area contributed by atoms with Crippen LogP contribution in [0.3, 0.4) is 0 Å². The molecule has 0 aromatic heterocycles. The Morgan fingerprint density at radius 1 is 1.00 bits per heavy atom. The van der Waals surface area contributed by atoms with Gasteiger partial charge in [0.1, 0.15) is 0 Å². The molecule has 16 heavy (non-hydrogen) atoms. The minimum Gasteiger partial charge on any atom is -0.273 e. The first-order valence-corrected chi connectivity index (χ1v) is 7.18. The van der Waals surface area contributed by atoms with Crippen molar-refractivity contribution in [1.29, 1.82) is 0 Å². The van der Waals surface area contributed by atoms with E-state index in [1.54, 1.807) is 0 Å². The SMILES string of the molecule is CCCCCCCCSN1C(=O)CCC1=O. The lowest BCUT2D eigenvalue weighted by atomic mass is 10.1. The summed E-state index contributed by atoms with van der Waals surface area (Å²) in [7, 11) is 0. The molecule has 0 saturated carbocycles. The number of carbonyl (C=O) groups is 2. The summed E-state index contributed by atoms with van der Waals surface area (Å²) in [5.41, 5.74) is 0. The average Bonchev–Trinajstić information content (AvgIpc) is 2.59. The van der Waals surface area contributed by atoms with Crippen molar-refractivity contribution in [3.8, 4) is 0 Å². The highest BCUT2D eigenvalue weighted by atomic mass is 32.2. The van der Waals surface area contributed by atoms with Gasteiger partial charge in [0.25, 0.3) is 0 Å². The van der Waals surface area contributed by atoms with Crippen molar-refractivity contribution >= 4 is 23.8 Å². The highest BCUT2D eigenvalue weighted by Gasteiger charge is 2.28. The topological polar surface area (TPSA) is 37.4 Å². The Morgan fingerprint density at radius 3 is 2.19 bits per heavy atom. The van der Waals surface area contributed by atoms with Crippen LogP contribution >= 0.6 is 11.9 Å². The molecule has 0 bridgehead atoms. The predicted molar refractivity (Wildman–Crippen MR) is 66.9 cm³/mol. The molecule has 0 aromatic rings. The van der Waals surface area contributed by atoms with Crippen molar-refractivity contribution in [3.63, 3.8) is 0 Å². The lowest BCUT2D eigenvalue weighted by Crippen LogP contribution is -2.21. The molecular formula is C12H21NO2S. The quantitative estimate of drug-likeness (QED) is 0.373. The van der Waals surface area contributed by atoms with E-state index in [2.05, 4.69) is 6.92 Å². The number of nitrogens with zero attached hydrogens (tertiary/aromatic N) is 1. The Labute approximate surface area is 102 Å². The molecule has 92 valence electrons. The Hall–Kier alpha value is -0.510. The maximum absolute atomic E-state index is 11.3. The summed E-state index contributed by atoms with van der Waals surface area (Å²) in [6, 6.07) is 0. The maximum atomic E-state index is 11.3. The second-order valence-electron chi connectivity index (χ2n) is 4.18. The van der Waals surface area contributed by atoms with Crippen LogP contribution in [-0.2, 0) is 9.59 Å². The molecule has 0 aromatic carbocycles. The normalized spacial score (nSPS) is 16.2. The van der Waals surface area contributed by atoms with Crippen LogP contribution in [0.25, 0.3) is 0 Å². The van der Waals surface area contributed by atoms with Gasteiger partial charge in [0.2, 0.25) is 11.8 Å². The minimum atomic E-state index is -0.0130. The molecule has 0 spiro atoms. The molecule has 3 nitrogen and oxygen atoms in total. The third-order valence-electron chi connectivity index (χ3n) is 2.72. The summed E-state index contributed by atoms with van der Waals surface area (Å²) in [6.07, 6.45) is 8.29. The minimum absolute atomic E-state index is 0.0130. The van der Waals surface area contributed by atoms with Crippen LogP contribution in [-0.4, -0.2) is 21.9 Å². The van der Waals surface area contributed by atoms with Gasteiger partial charge in [-0.05, 0) is 18.4 Å². The maximum Gasteiger partial charge on any atom is 0.239 e. The highest BCUT2D eigenvalue weighted by Crippen LogP contribution is 2.22. The van der Waals surface area contributed by atoms with Gasteiger partial charge in [0.05, 0.1) is 0 Å². The fraction of sp³-hybridized carbons (Fsp3) is 0.833. The smallest absolute Gasteiger partial charge is 0.239 e. The Bertz CT molecular complexity index is 227. The number of hydrogen-bond acceptors (Lipinski definition) is 3. The van der Waals surface area contributed by atoms with Crippen molar-refractivity contribution in [2.45, 2.75) is 58.3 Å². The van der Waals surface area contributed by atoms with E-state index in [-0.39, 0.29) is 11.8 Å². The van der Waals surface area contributed by atoms with Crippen LogP contribution in [0.4, 0.5) is 0 Å². The fourth-order valence-electron chi connectivity index (χ4n) is 1.74. The van der Waals surface area contributed by atoms with Crippen LogP contribution in [0.2, 0.25) is 0 Å². The summed E-state index contributed by atoms with van der Waals surface area (Å²) in [6.45, 7) is 2.21. The zero-order valence-corrected chi connectivity index (χ0v) is 10.9. The molecule has 0 N–H and O–H groups in total. The summed E-state index contributed by atoms with van der Waals surface area (Å²) < 4.78 is 1.35. The Morgan fingerprint density at radius 2 is 1.56 bits per heavy atom. The first-order chi connectivity index (χ1) is 7.75. The molecule has 0 atom stereocenters. The standard InChI is InChI=1S/C12H21NO2S/c1-2-3-4-5-6-7-10-16-13-11(14)8-9-12(13)15/h2-10H2,1H3. The van der Waals surface area contributed by atoms with E-state index in [9.17, 15) is 9.59 Å². The van der Waals surface area contributed by atoms with E-state index < -0.39 is 0 Å². The monoisotopic (exact) mass is 243 g/mol. The van der Waals surface area contributed by atoms with Gasteiger partial charge in [-0.1, -0.05) is 39.0 Å². The van der Waals surface area contributed by atoms with Gasteiger partial charge in [0, 0.05) is 18.6 Å². The number of amides is 2. The number of rotatable bonds is 8. The molecule has 1 aliphatic heterocycles. The molecule has 0 radical (unpaired) electrons. The van der Waals surface area contributed by atoms with Gasteiger partial charge in [-0.3, -0.25) is 9.59 Å². The molecule has 2 amide bonds. The van der Waals surface area contributed by atoms with E-state index in [1.165, 1.54) is 48.4 Å². The lowest BCUT2D eigenvalue weighted by molar-refractivity contribution is -0.131. The zero-order chi connectivity index (χ0) is 11.8. The molecular weight excluding hydrogens is 222 g/mol. The van der Waals surface area contributed by atoms with Crippen LogP contribution in [0.5, 0.6) is 0 Å². The summed E-state index contributed by atoms with van der Waals surface area (Å²) >= 11 is 1.40. The molecule has 0 aliphatic carbocycles. The zero-order valence-electron chi connectivity index (χ0n) is 10.0. The summed E-state index contributed by atoms with van der Waals surface area (Å²) in [5.74, 6) is 0.867. The van der Waals surface area contributed by atoms with Gasteiger partial charge in [-0.2, -0.15) is 0 Å². The number of carbonyl (C=O) groups excluding carboxylic acids is 2. The number of hydrogen-bond donors (Lipinski definition) is 0. The van der Waals surface area contributed by atoms with Crippen LogP contribution in [0.15, 0.2) is 0 Å². The van der Waals surface area contributed by atoms with Crippen molar-refractivity contribution in [2.75, 3.05) is 5.75 Å². The first kappa shape index (κ1) is 13.6. The molecule has 1 aliphatic rings. The van der Waals surface area contributed by atoms with Crippen molar-refractivity contribution in [3.05, 3.63) is 0 Å². The predicted octanol–water partition coefficient (Wildman–Crippen LogP) is 3.14. The molecule has 1 heterocycles. The lowest BCUT2D eigenvalue weighted by Gasteiger charge is -2.11. The van der Waals surface area contributed by atoms with E-state index in [0.717, 1.165) is 12.2 Å². The van der Waals surface area contributed by atoms with Gasteiger partial charge in [-0.15, -0.1) is 0 Å². The summed E-state index contributed by atoms with van der Waals surface area (Å²) in [5, 5.41) is 0. The van der Waals surface area contributed by atoms with Gasteiger partial charge in [-0.25, -0.2) is 4.31 Å². The van der Waals surface area contributed by atoms with Crippen molar-refractivity contribution < 1.29 is 9.59 Å². The molecule has 4 heteroatoms. The largest absolute Gasteiger partial charge is 0.273 e. The fourth-order valence-corrected chi connectivity index (χ4v) is 2.72. The van der Waals surface area contributed by atoms with Gasteiger partial charge >= 0.3 is 0 Å². The van der Waals surface area contributed by atoms with E-state index in [1.807, 2.05) is 0 Å². The van der Waals surface area contributed by atoms with Crippen molar-refractivity contribution in [1.82, 2.24) is 4.31 Å². The highest BCUT2D eigenvalue weighted by molar-refractivity contribution is 7.98. The number of imide groups is 1. The van der Waals surface area contributed by atoms with E-state index >= 15 is 0 Å². The first-order valence-electron chi connectivity index (χ1n) is 6.24. The molecule has 1 fully saturated rings. The van der Waals surface area contributed by atoms with Gasteiger partial charge in [0.15, 0.2) is 0 Å². The third kappa shape index (κ3) is 4.56. The molecule has 1 rings (SSSR count). The molecule has 1 saturated heterocycles. The Kier molecular flexibility index (Phi) is 6.53. The number of unbranched alkanes of at least 4 members (excludes halogenated alkanes) is 5. The summed E-state index contributed by atoms with van der Waals surface area (Å²) in [4.78, 5) is 22.5. The second-order valence-corrected chi connectivity index (χ2v) is 5.21. The molecule has 0 unspecified atom stereocenters. The van der Waals surface area contributed by atoms with Gasteiger partial charge < -0.3 is 0 Å². The van der Waals surface area contributed by atoms with Crippen molar-refractivity contribution in [2.24, 2.45) is 0 Å². The third-order valence-corrected chi connectivity index (χ3v) is 3.86.